The highest BCUT2D eigenvalue weighted by Gasteiger charge is 2.49. The van der Waals surface area contributed by atoms with Crippen LogP contribution in [0.4, 0.5) is 16.2 Å². The van der Waals surface area contributed by atoms with E-state index in [-0.39, 0.29) is 11.7 Å². The zero-order chi connectivity index (χ0) is 12.8. The summed E-state index contributed by atoms with van der Waals surface area (Å²) in [7, 11) is 2.05. The van der Waals surface area contributed by atoms with Gasteiger partial charge in [0.15, 0.2) is 0 Å². The molecule has 5 nitrogen and oxygen atoms in total. The van der Waals surface area contributed by atoms with Gasteiger partial charge in [-0.05, 0) is 31.3 Å². The Morgan fingerprint density at radius 3 is 2.61 bits per heavy atom. The highest BCUT2D eigenvalue weighted by molar-refractivity contribution is 5.90. The lowest BCUT2D eigenvalue weighted by molar-refractivity contribution is 0.0658. The van der Waals surface area contributed by atoms with E-state index in [9.17, 15) is 4.79 Å². The molecule has 96 valence electrons. The molecule has 1 atom stereocenters. The molecular formula is C13H17N3O2. The standard InChI is InChI=1S/C13H17N3O2/c1-15-7-6-13(8-15)9-16(12(17)18-13)11-4-2-10(14)3-5-11/h2-5H,6-9,14H2,1H3. The van der Waals surface area contributed by atoms with Crippen molar-refractivity contribution in [2.24, 2.45) is 0 Å². The summed E-state index contributed by atoms with van der Waals surface area (Å²) in [5.41, 5.74) is 6.87. The fourth-order valence-corrected chi connectivity index (χ4v) is 2.73. The molecule has 5 heteroatoms. The van der Waals surface area contributed by atoms with Gasteiger partial charge >= 0.3 is 6.09 Å². The van der Waals surface area contributed by atoms with Crippen LogP contribution in [0.1, 0.15) is 6.42 Å². The Labute approximate surface area is 106 Å². The van der Waals surface area contributed by atoms with Gasteiger partial charge in [-0.2, -0.15) is 0 Å². The third-order valence-corrected chi connectivity index (χ3v) is 3.68. The van der Waals surface area contributed by atoms with Crippen molar-refractivity contribution >= 4 is 17.5 Å². The highest BCUT2D eigenvalue weighted by Crippen LogP contribution is 2.34. The van der Waals surface area contributed by atoms with E-state index in [0.29, 0.717) is 12.2 Å². The zero-order valence-electron chi connectivity index (χ0n) is 10.4. The average Bonchev–Trinajstić information content (AvgIpc) is 2.84. The van der Waals surface area contributed by atoms with E-state index in [1.807, 2.05) is 12.1 Å². The van der Waals surface area contributed by atoms with Crippen molar-refractivity contribution in [3.05, 3.63) is 24.3 Å². The van der Waals surface area contributed by atoms with Crippen LogP contribution < -0.4 is 10.6 Å². The third kappa shape index (κ3) is 1.80. The lowest BCUT2D eigenvalue weighted by Crippen LogP contribution is -2.37. The van der Waals surface area contributed by atoms with E-state index in [0.717, 1.165) is 25.2 Å². The Kier molecular flexibility index (Phi) is 2.45. The summed E-state index contributed by atoms with van der Waals surface area (Å²) in [5.74, 6) is 0. The number of hydrogen-bond acceptors (Lipinski definition) is 4. The van der Waals surface area contributed by atoms with Gasteiger partial charge in [0.2, 0.25) is 0 Å². The summed E-state index contributed by atoms with van der Waals surface area (Å²) >= 11 is 0. The minimum Gasteiger partial charge on any atom is -0.439 e. The van der Waals surface area contributed by atoms with Crippen molar-refractivity contribution in [3.8, 4) is 0 Å². The Morgan fingerprint density at radius 2 is 2.00 bits per heavy atom. The SMILES string of the molecule is CN1CCC2(C1)CN(c1ccc(N)cc1)C(=O)O2. The minimum atomic E-state index is -0.326. The van der Waals surface area contributed by atoms with Gasteiger partial charge in [-0.25, -0.2) is 4.79 Å². The van der Waals surface area contributed by atoms with E-state index < -0.39 is 0 Å². The molecule has 0 aliphatic carbocycles. The normalized spacial score (nSPS) is 28.1. The molecule has 1 aromatic carbocycles. The van der Waals surface area contributed by atoms with Crippen LogP contribution in [0, 0.1) is 0 Å². The molecule has 18 heavy (non-hydrogen) atoms. The molecule has 2 saturated heterocycles. The van der Waals surface area contributed by atoms with Crippen LogP contribution >= 0.6 is 0 Å². The molecule has 0 radical (unpaired) electrons. The van der Waals surface area contributed by atoms with Crippen LogP contribution in [0.3, 0.4) is 0 Å². The molecule has 2 fully saturated rings. The Hall–Kier alpha value is -1.75. The summed E-state index contributed by atoms with van der Waals surface area (Å²) in [5, 5.41) is 0. The number of hydrogen-bond donors (Lipinski definition) is 1. The van der Waals surface area contributed by atoms with Crippen molar-refractivity contribution in [3.63, 3.8) is 0 Å². The molecule has 1 amide bonds. The van der Waals surface area contributed by atoms with Gasteiger partial charge in [0.25, 0.3) is 0 Å². The molecule has 2 N–H and O–H groups in total. The lowest BCUT2D eigenvalue weighted by Gasteiger charge is -2.20. The lowest BCUT2D eigenvalue weighted by atomic mass is 10.0. The van der Waals surface area contributed by atoms with Crippen molar-refractivity contribution in [1.29, 1.82) is 0 Å². The number of benzene rings is 1. The molecule has 2 aliphatic heterocycles. The van der Waals surface area contributed by atoms with E-state index in [1.54, 1.807) is 17.0 Å². The second kappa shape index (κ2) is 3.88. The predicted molar refractivity (Wildman–Crippen MR) is 69.5 cm³/mol. The van der Waals surface area contributed by atoms with Crippen LogP contribution in [0.15, 0.2) is 24.3 Å². The molecule has 1 unspecified atom stereocenters. The van der Waals surface area contributed by atoms with E-state index >= 15 is 0 Å². The second-order valence-electron chi connectivity index (χ2n) is 5.22. The first-order chi connectivity index (χ1) is 8.58. The molecule has 1 aromatic rings. The van der Waals surface area contributed by atoms with Crippen LogP contribution in [0.25, 0.3) is 0 Å². The number of nitrogen functional groups attached to an aromatic ring is 1. The van der Waals surface area contributed by atoms with Gasteiger partial charge in [-0.1, -0.05) is 0 Å². The number of likely N-dealkylation sites (N-methyl/N-ethyl adjacent to an activating group) is 1. The Morgan fingerprint density at radius 1 is 1.28 bits per heavy atom. The molecule has 0 saturated carbocycles. The first-order valence-corrected chi connectivity index (χ1v) is 6.13. The van der Waals surface area contributed by atoms with Crippen molar-refractivity contribution in [2.75, 3.05) is 37.3 Å². The molecule has 2 aliphatic rings. The number of amides is 1. The number of nitrogens with two attached hydrogens (primary N) is 1. The van der Waals surface area contributed by atoms with Gasteiger partial charge in [0.05, 0.1) is 6.54 Å². The van der Waals surface area contributed by atoms with E-state index in [4.69, 9.17) is 10.5 Å². The van der Waals surface area contributed by atoms with E-state index in [1.165, 1.54) is 0 Å². The van der Waals surface area contributed by atoms with Gasteiger partial charge in [0, 0.05) is 30.9 Å². The number of likely N-dealkylation sites (tertiary alicyclic amines) is 1. The molecule has 0 aromatic heterocycles. The molecule has 1 spiro atoms. The van der Waals surface area contributed by atoms with Crippen LogP contribution in [0.2, 0.25) is 0 Å². The predicted octanol–water partition coefficient (Wildman–Crippen LogP) is 1.30. The van der Waals surface area contributed by atoms with Gasteiger partial charge in [-0.3, -0.25) is 4.90 Å². The maximum absolute atomic E-state index is 12.0. The summed E-state index contributed by atoms with van der Waals surface area (Å²) in [6, 6.07) is 7.31. The van der Waals surface area contributed by atoms with Crippen LogP contribution in [-0.4, -0.2) is 43.3 Å². The Bertz CT molecular complexity index is 474. The third-order valence-electron chi connectivity index (χ3n) is 3.68. The largest absolute Gasteiger partial charge is 0.439 e. The van der Waals surface area contributed by atoms with E-state index in [2.05, 4.69) is 11.9 Å². The fourth-order valence-electron chi connectivity index (χ4n) is 2.73. The Balaban J connectivity index is 1.83. The number of ether oxygens (including phenoxy) is 1. The summed E-state index contributed by atoms with van der Waals surface area (Å²) in [4.78, 5) is 15.9. The number of rotatable bonds is 1. The molecule has 2 heterocycles. The van der Waals surface area contributed by atoms with Crippen LogP contribution in [0.5, 0.6) is 0 Å². The summed E-state index contributed by atoms with van der Waals surface area (Å²) in [6.45, 7) is 2.41. The number of carbonyl (C=O) groups is 1. The van der Waals surface area contributed by atoms with Crippen LogP contribution in [-0.2, 0) is 4.74 Å². The fraction of sp³-hybridized carbons (Fsp3) is 0.462. The first kappa shape index (κ1) is 11.3. The van der Waals surface area contributed by atoms with Crippen molar-refractivity contribution < 1.29 is 9.53 Å². The van der Waals surface area contributed by atoms with Gasteiger partial charge in [0.1, 0.15) is 5.60 Å². The maximum Gasteiger partial charge on any atom is 0.415 e. The average molecular weight is 247 g/mol. The number of anilines is 2. The minimum absolute atomic E-state index is 0.255. The summed E-state index contributed by atoms with van der Waals surface area (Å²) in [6.07, 6.45) is 0.649. The maximum atomic E-state index is 12.0. The molecule has 0 bridgehead atoms. The van der Waals surface area contributed by atoms with Crippen molar-refractivity contribution in [2.45, 2.75) is 12.0 Å². The topological polar surface area (TPSA) is 58.8 Å². The first-order valence-electron chi connectivity index (χ1n) is 6.13. The zero-order valence-corrected chi connectivity index (χ0v) is 10.4. The smallest absolute Gasteiger partial charge is 0.415 e. The molecular weight excluding hydrogens is 230 g/mol. The number of carbonyl (C=O) groups excluding carboxylic acids is 1. The highest BCUT2D eigenvalue weighted by atomic mass is 16.6. The quantitative estimate of drug-likeness (QED) is 0.760. The van der Waals surface area contributed by atoms with Gasteiger partial charge in [-0.15, -0.1) is 0 Å². The van der Waals surface area contributed by atoms with Gasteiger partial charge < -0.3 is 15.4 Å². The second-order valence-corrected chi connectivity index (χ2v) is 5.22. The number of nitrogens with zero attached hydrogens (tertiary/aromatic N) is 2. The van der Waals surface area contributed by atoms with Crippen molar-refractivity contribution in [1.82, 2.24) is 4.90 Å². The molecule has 3 rings (SSSR count). The monoisotopic (exact) mass is 247 g/mol. The summed E-state index contributed by atoms with van der Waals surface area (Å²) < 4.78 is 5.59.